The van der Waals surface area contributed by atoms with E-state index in [1.54, 1.807) is 0 Å². The molecule has 1 unspecified atom stereocenters. The molecule has 4 aromatic heterocycles. The number of rotatable bonds is 5. The van der Waals surface area contributed by atoms with Crippen molar-refractivity contribution in [1.82, 2.24) is 9.13 Å². The van der Waals surface area contributed by atoms with Gasteiger partial charge in [-0.3, -0.25) is 0 Å². The van der Waals surface area contributed by atoms with Crippen LogP contribution in [-0.2, 0) is 0 Å². The summed E-state index contributed by atoms with van der Waals surface area (Å²) in [6, 6.07) is 70.3. The molecule has 0 aliphatic heterocycles. The zero-order valence-corrected chi connectivity index (χ0v) is 34.7. The third-order valence-corrected chi connectivity index (χ3v) is 13.7. The van der Waals surface area contributed by atoms with Crippen molar-refractivity contribution in [3.8, 4) is 22.5 Å². The smallest absolute Gasteiger partial charge is 0.135 e. The predicted molar refractivity (Wildman–Crippen MR) is 266 cm³/mol. The third-order valence-electron chi connectivity index (χ3n) is 13.7. The Labute approximate surface area is 367 Å². The van der Waals surface area contributed by atoms with Crippen LogP contribution in [0.25, 0.3) is 116 Å². The lowest BCUT2D eigenvalue weighted by molar-refractivity contribution is 0.668. The number of para-hydroxylation sites is 4. The topological polar surface area (TPSA) is 36.1 Å². The van der Waals surface area contributed by atoms with Crippen LogP contribution >= 0.6 is 0 Å². The van der Waals surface area contributed by atoms with Crippen LogP contribution in [0.1, 0.15) is 23.5 Å². The Hall–Kier alpha value is -8.34. The molecule has 4 nitrogen and oxygen atoms in total. The van der Waals surface area contributed by atoms with Gasteiger partial charge in [0.25, 0.3) is 0 Å². The molecular weight excluding hydrogens is 781 g/mol. The minimum atomic E-state index is 0.283. The highest BCUT2D eigenvalue weighted by Gasteiger charge is 2.20. The Morgan fingerprint density at radius 2 is 0.875 bits per heavy atom. The molecule has 0 saturated carbocycles. The molecule has 1 atom stereocenters. The summed E-state index contributed by atoms with van der Waals surface area (Å²) in [5, 5.41) is 9.50. The van der Waals surface area contributed by atoms with Crippen molar-refractivity contribution >= 4 is 93.1 Å². The van der Waals surface area contributed by atoms with E-state index >= 15 is 0 Å². The van der Waals surface area contributed by atoms with Gasteiger partial charge >= 0.3 is 0 Å². The first-order valence-electron chi connectivity index (χ1n) is 22.1. The van der Waals surface area contributed by atoms with Crippen molar-refractivity contribution in [3.63, 3.8) is 0 Å². The Kier molecular flexibility index (Phi) is 7.48. The zero-order chi connectivity index (χ0) is 41.9. The van der Waals surface area contributed by atoms with Crippen molar-refractivity contribution in [2.75, 3.05) is 0 Å². The second-order valence-electron chi connectivity index (χ2n) is 17.2. The Morgan fingerprint density at radius 3 is 1.55 bits per heavy atom. The predicted octanol–water partition coefficient (Wildman–Crippen LogP) is 16.5. The van der Waals surface area contributed by atoms with Crippen LogP contribution < -0.4 is 0 Å². The van der Waals surface area contributed by atoms with E-state index in [1.165, 1.54) is 82.2 Å². The fraction of sp³-hybridized carbons (Fsp3) is 0.0333. The summed E-state index contributed by atoms with van der Waals surface area (Å²) in [4.78, 5) is 0. The maximum absolute atomic E-state index is 6.49. The third kappa shape index (κ3) is 5.29. The Bertz CT molecular complexity index is 4070. The van der Waals surface area contributed by atoms with E-state index in [9.17, 15) is 0 Å². The lowest BCUT2D eigenvalue weighted by Crippen LogP contribution is -2.01. The van der Waals surface area contributed by atoms with Gasteiger partial charge in [0, 0.05) is 60.4 Å². The van der Waals surface area contributed by atoms with E-state index in [-0.39, 0.29) is 5.92 Å². The molecule has 0 bridgehead atoms. The van der Waals surface area contributed by atoms with Crippen LogP contribution in [0, 0.1) is 0 Å². The first-order valence-corrected chi connectivity index (χ1v) is 22.1. The average Bonchev–Trinajstić information content (AvgIpc) is 4.11. The first kappa shape index (κ1) is 35.3. The molecule has 64 heavy (non-hydrogen) atoms. The summed E-state index contributed by atoms with van der Waals surface area (Å²) in [7, 11) is 0. The quantitative estimate of drug-likeness (QED) is 0.173. The molecule has 1 aliphatic rings. The van der Waals surface area contributed by atoms with E-state index in [0.29, 0.717) is 0 Å². The highest BCUT2D eigenvalue weighted by atomic mass is 16.3. The largest absolute Gasteiger partial charge is 0.456 e. The summed E-state index contributed by atoms with van der Waals surface area (Å²) < 4.78 is 17.4. The van der Waals surface area contributed by atoms with E-state index in [1.807, 2.05) is 12.1 Å². The van der Waals surface area contributed by atoms with Crippen LogP contribution in [0.3, 0.4) is 0 Å². The van der Waals surface area contributed by atoms with Crippen molar-refractivity contribution in [2.45, 2.75) is 12.3 Å². The fourth-order valence-corrected chi connectivity index (χ4v) is 10.7. The number of fused-ring (bicyclic) bond motifs is 12. The van der Waals surface area contributed by atoms with Gasteiger partial charge in [-0.2, -0.15) is 0 Å². The lowest BCUT2D eigenvalue weighted by Gasteiger charge is -2.20. The van der Waals surface area contributed by atoms with Crippen molar-refractivity contribution < 1.29 is 8.83 Å². The SMILES string of the molecule is C1=CC(c2ccc3oc4ccccc4c3c2)CC(c2cccc(-c3ccc4c(c3)c3ccccc3n4-c3ccc4oc5ccc(-n6c7ccccc7c7ccccc76)cc5c4c3)c2)=C1. The Balaban J connectivity index is 0.832. The normalized spacial score (nSPS) is 14.4. The molecule has 0 N–H and O–H groups in total. The number of benzene rings is 9. The second kappa shape index (κ2) is 13.6. The molecule has 300 valence electrons. The first-order chi connectivity index (χ1) is 31.7. The molecule has 4 heteroatoms. The highest BCUT2D eigenvalue weighted by Crippen LogP contribution is 2.41. The van der Waals surface area contributed by atoms with Gasteiger partial charge in [0.05, 0.1) is 22.1 Å². The summed E-state index contributed by atoms with van der Waals surface area (Å²) in [6.45, 7) is 0. The van der Waals surface area contributed by atoms with Crippen LogP contribution in [0.5, 0.6) is 0 Å². The van der Waals surface area contributed by atoms with E-state index < -0.39 is 0 Å². The second-order valence-corrected chi connectivity index (χ2v) is 17.2. The number of hydrogen-bond acceptors (Lipinski definition) is 2. The molecule has 9 aromatic carbocycles. The minimum Gasteiger partial charge on any atom is -0.456 e. The summed E-state index contributed by atoms with van der Waals surface area (Å²) in [5.74, 6) is 0.283. The minimum absolute atomic E-state index is 0.283. The molecule has 13 aromatic rings. The van der Waals surface area contributed by atoms with E-state index in [2.05, 4.69) is 209 Å². The molecule has 4 heterocycles. The zero-order valence-electron chi connectivity index (χ0n) is 34.7. The van der Waals surface area contributed by atoms with Gasteiger partial charge in [-0.1, -0.05) is 121 Å². The monoisotopic (exact) mass is 818 g/mol. The number of nitrogens with zero attached hydrogens (tertiary/aromatic N) is 2. The molecule has 0 fully saturated rings. The molecule has 0 amide bonds. The molecule has 0 saturated heterocycles. The van der Waals surface area contributed by atoms with E-state index in [4.69, 9.17) is 8.83 Å². The van der Waals surface area contributed by atoms with Crippen LogP contribution in [0.4, 0.5) is 0 Å². The maximum atomic E-state index is 6.49. The summed E-state index contributed by atoms with van der Waals surface area (Å²) >= 11 is 0. The average molecular weight is 819 g/mol. The number of hydrogen-bond donors (Lipinski definition) is 0. The molecule has 14 rings (SSSR count). The Morgan fingerprint density at radius 1 is 0.359 bits per heavy atom. The van der Waals surface area contributed by atoms with Gasteiger partial charge in [-0.15, -0.1) is 0 Å². The number of furan rings is 2. The highest BCUT2D eigenvalue weighted by molar-refractivity contribution is 6.13. The number of allylic oxidation sites excluding steroid dienone is 4. The van der Waals surface area contributed by atoms with Gasteiger partial charge in [0.1, 0.15) is 22.3 Å². The van der Waals surface area contributed by atoms with Crippen molar-refractivity contribution in [3.05, 3.63) is 223 Å². The van der Waals surface area contributed by atoms with Gasteiger partial charge in [-0.05, 0) is 125 Å². The fourth-order valence-electron chi connectivity index (χ4n) is 10.7. The van der Waals surface area contributed by atoms with Crippen molar-refractivity contribution in [1.29, 1.82) is 0 Å². The number of aromatic nitrogens is 2. The van der Waals surface area contributed by atoms with E-state index in [0.717, 1.165) is 50.9 Å². The standard InChI is InChI=1S/C60H38N2O2/c1-5-19-53-45(15-1)46-16-2-6-20-54(46)61(53)43-25-29-59-51(35-43)52-36-44(26-30-60(52)64-59)62-55-21-7-3-17-47(55)49-33-41(23-27-56(49)62)39-13-9-11-37(31-39)38-12-10-14-40(32-38)42-24-28-58-50(34-42)48-18-4-8-22-57(48)63-58/h1-31,33-36,40H,32H2. The van der Waals surface area contributed by atoms with Crippen LogP contribution in [-0.4, -0.2) is 9.13 Å². The summed E-state index contributed by atoms with van der Waals surface area (Å²) in [5.41, 5.74) is 16.9. The summed E-state index contributed by atoms with van der Waals surface area (Å²) in [6.07, 6.45) is 7.77. The molecule has 1 aliphatic carbocycles. The van der Waals surface area contributed by atoms with Gasteiger partial charge < -0.3 is 18.0 Å². The molecule has 0 spiro atoms. The van der Waals surface area contributed by atoms with Crippen LogP contribution in [0.15, 0.2) is 221 Å². The lowest BCUT2D eigenvalue weighted by atomic mass is 9.84. The van der Waals surface area contributed by atoms with Gasteiger partial charge in [-0.25, -0.2) is 0 Å². The van der Waals surface area contributed by atoms with Crippen LogP contribution in [0.2, 0.25) is 0 Å². The maximum Gasteiger partial charge on any atom is 0.135 e. The van der Waals surface area contributed by atoms with Crippen molar-refractivity contribution in [2.24, 2.45) is 0 Å². The van der Waals surface area contributed by atoms with Gasteiger partial charge in [0.2, 0.25) is 0 Å². The van der Waals surface area contributed by atoms with Gasteiger partial charge in [0.15, 0.2) is 0 Å². The molecule has 0 radical (unpaired) electrons. The molecular formula is C60H38N2O2.